The first-order valence-corrected chi connectivity index (χ1v) is 12.3. The molecule has 176 valence electrons. The Bertz CT molecular complexity index is 1430. The highest BCUT2D eigenvalue weighted by Gasteiger charge is 2.21. The van der Waals surface area contributed by atoms with Gasteiger partial charge < -0.3 is 4.57 Å². The van der Waals surface area contributed by atoms with Crippen LogP contribution in [0, 0.1) is 13.8 Å². The molecule has 0 amide bonds. The van der Waals surface area contributed by atoms with Crippen LogP contribution < -0.4 is 11.2 Å². The van der Waals surface area contributed by atoms with E-state index < -0.39 is 11.2 Å². The molecule has 10 nitrogen and oxygen atoms in total. The van der Waals surface area contributed by atoms with E-state index in [0.717, 1.165) is 43.5 Å². The molecule has 0 spiro atoms. The molecule has 0 atom stereocenters. The zero-order valence-corrected chi connectivity index (χ0v) is 20.6. The van der Waals surface area contributed by atoms with Gasteiger partial charge in [-0.25, -0.2) is 19.3 Å². The molecule has 1 N–H and O–H groups in total. The van der Waals surface area contributed by atoms with Crippen molar-refractivity contribution in [1.29, 1.82) is 0 Å². The van der Waals surface area contributed by atoms with Crippen molar-refractivity contribution in [3.63, 3.8) is 0 Å². The molecule has 4 aromatic rings. The van der Waals surface area contributed by atoms with Crippen molar-refractivity contribution >= 4 is 28.7 Å². The Hall–Kier alpha value is -2.95. The molecule has 0 unspecified atom stereocenters. The predicted molar refractivity (Wildman–Crippen MR) is 128 cm³/mol. The lowest BCUT2D eigenvalue weighted by Gasteiger charge is -2.09. The predicted octanol–water partition coefficient (Wildman–Crippen LogP) is 3.25. The second-order valence-electron chi connectivity index (χ2n) is 8.15. The van der Waals surface area contributed by atoms with E-state index in [0.29, 0.717) is 40.3 Å². The number of aryl methyl sites for hydroxylation is 4. The number of rotatable bonds is 9. The smallest absolute Gasteiger partial charge is 0.313 e. The van der Waals surface area contributed by atoms with Crippen molar-refractivity contribution in [2.45, 2.75) is 90.1 Å². The van der Waals surface area contributed by atoms with E-state index in [4.69, 9.17) is 0 Å². The molecular weight excluding hydrogens is 440 g/mol. The minimum Gasteiger partial charge on any atom is -0.313 e. The number of nitrogens with one attached hydrogen (secondary N) is 1. The van der Waals surface area contributed by atoms with E-state index in [1.807, 2.05) is 25.3 Å². The molecule has 4 aromatic heterocycles. The van der Waals surface area contributed by atoms with Crippen molar-refractivity contribution in [3.05, 3.63) is 37.8 Å². The fourth-order valence-electron chi connectivity index (χ4n) is 4.08. The Kier molecular flexibility index (Phi) is 6.68. The van der Waals surface area contributed by atoms with Crippen LogP contribution in [0.2, 0.25) is 0 Å². The van der Waals surface area contributed by atoms with Crippen LogP contribution in [0.3, 0.4) is 0 Å². The summed E-state index contributed by atoms with van der Waals surface area (Å²) < 4.78 is 5.14. The van der Waals surface area contributed by atoms with Crippen LogP contribution in [-0.4, -0.2) is 38.7 Å². The molecule has 0 aliphatic heterocycles. The topological polar surface area (TPSA) is 116 Å². The van der Waals surface area contributed by atoms with Gasteiger partial charge >= 0.3 is 5.69 Å². The maximum absolute atomic E-state index is 12.6. The number of unbranched alkanes of at least 4 members (excludes halogenated alkanes) is 2. The molecule has 11 heteroatoms. The van der Waals surface area contributed by atoms with Crippen LogP contribution in [0.5, 0.6) is 0 Å². The van der Waals surface area contributed by atoms with Gasteiger partial charge in [0.1, 0.15) is 0 Å². The third-order valence-corrected chi connectivity index (χ3v) is 6.74. The number of aromatic amines is 1. The molecular formula is C22H30N8O2S. The average molecular weight is 471 g/mol. The summed E-state index contributed by atoms with van der Waals surface area (Å²) in [6.45, 7) is 11.3. The summed E-state index contributed by atoms with van der Waals surface area (Å²) in [7, 11) is 0. The maximum atomic E-state index is 12.6. The lowest BCUT2D eigenvalue weighted by atomic mass is 10.1. The minimum absolute atomic E-state index is 0.395. The number of aromatic nitrogens is 8. The number of hydrogen-bond acceptors (Lipinski definition) is 7. The Morgan fingerprint density at radius 3 is 2.42 bits per heavy atom. The minimum atomic E-state index is -0.431. The first-order chi connectivity index (χ1) is 15.9. The molecule has 0 aromatic carbocycles. The summed E-state index contributed by atoms with van der Waals surface area (Å²) in [5.74, 6) is 0.546. The molecule has 0 bridgehead atoms. The number of H-pyrrole nitrogens is 1. The fraction of sp³-hybridized carbons (Fsp3) is 0.545. The first kappa shape index (κ1) is 23.2. The lowest BCUT2D eigenvalue weighted by Crippen LogP contribution is -2.31. The third-order valence-electron chi connectivity index (χ3n) is 5.89. The van der Waals surface area contributed by atoms with Crippen LogP contribution in [-0.2, 0) is 19.5 Å². The fourth-order valence-corrected chi connectivity index (χ4v) is 4.95. The van der Waals surface area contributed by atoms with Crippen LogP contribution in [0.1, 0.15) is 63.4 Å². The van der Waals surface area contributed by atoms with Gasteiger partial charge in [-0.2, -0.15) is 4.98 Å². The number of imidazole rings is 1. The zero-order valence-electron chi connectivity index (χ0n) is 19.8. The Labute approximate surface area is 195 Å². The summed E-state index contributed by atoms with van der Waals surface area (Å²) in [6.07, 6.45) is 4.93. The number of hydrogen-bond donors (Lipinski definition) is 1. The highest BCUT2D eigenvalue weighted by Crippen LogP contribution is 2.28. The molecule has 33 heavy (non-hydrogen) atoms. The van der Waals surface area contributed by atoms with Gasteiger partial charge in [0.2, 0.25) is 5.16 Å². The molecule has 4 rings (SSSR count). The van der Waals surface area contributed by atoms with Gasteiger partial charge in [-0.15, -0.1) is 5.10 Å². The van der Waals surface area contributed by atoms with Gasteiger partial charge in [0.25, 0.3) is 11.3 Å². The van der Waals surface area contributed by atoms with E-state index in [-0.39, 0.29) is 0 Å². The molecule has 0 aliphatic rings. The summed E-state index contributed by atoms with van der Waals surface area (Å²) in [4.78, 5) is 41.5. The van der Waals surface area contributed by atoms with Gasteiger partial charge in [-0.05, 0) is 57.4 Å². The van der Waals surface area contributed by atoms with Gasteiger partial charge in [0.05, 0.1) is 0 Å². The van der Waals surface area contributed by atoms with Gasteiger partial charge in [0, 0.05) is 24.5 Å². The van der Waals surface area contributed by atoms with E-state index in [1.165, 1.54) is 17.3 Å². The van der Waals surface area contributed by atoms with Crippen LogP contribution in [0.4, 0.5) is 0 Å². The highest BCUT2D eigenvalue weighted by molar-refractivity contribution is 7.99. The maximum Gasteiger partial charge on any atom is 0.330 e. The molecule has 0 radical (unpaired) electrons. The van der Waals surface area contributed by atoms with Gasteiger partial charge in [-0.3, -0.25) is 14.3 Å². The first-order valence-electron chi connectivity index (χ1n) is 11.5. The summed E-state index contributed by atoms with van der Waals surface area (Å²) >= 11 is 1.28. The normalized spacial score (nSPS) is 11.8. The molecule has 0 saturated carbocycles. The quantitative estimate of drug-likeness (QED) is 0.399. The SMILES string of the molecule is CCCCc1c(C)nc2nc(Sc3nc4c(c(=O)[nH]c(=O)n4CCCC)n3CC)nn2c1C. The van der Waals surface area contributed by atoms with E-state index >= 15 is 0 Å². The second-order valence-corrected chi connectivity index (χ2v) is 9.08. The molecule has 4 heterocycles. The van der Waals surface area contributed by atoms with Gasteiger partial charge in [0.15, 0.2) is 16.3 Å². The summed E-state index contributed by atoms with van der Waals surface area (Å²) in [5.41, 5.74) is 3.16. The molecule has 0 saturated heterocycles. The summed E-state index contributed by atoms with van der Waals surface area (Å²) in [5, 5.41) is 5.75. The van der Waals surface area contributed by atoms with Gasteiger partial charge in [-0.1, -0.05) is 26.7 Å². The highest BCUT2D eigenvalue weighted by atomic mass is 32.2. The molecule has 0 fully saturated rings. The lowest BCUT2D eigenvalue weighted by molar-refractivity contribution is 0.613. The van der Waals surface area contributed by atoms with Crippen LogP contribution in [0.15, 0.2) is 19.9 Å². The Morgan fingerprint density at radius 2 is 1.73 bits per heavy atom. The molecule has 0 aliphatic carbocycles. The summed E-state index contributed by atoms with van der Waals surface area (Å²) in [6, 6.07) is 0. The van der Waals surface area contributed by atoms with Crippen LogP contribution >= 0.6 is 11.8 Å². The Balaban J connectivity index is 1.80. The number of nitrogens with zero attached hydrogens (tertiary/aromatic N) is 7. The van der Waals surface area contributed by atoms with Crippen molar-refractivity contribution in [3.8, 4) is 0 Å². The van der Waals surface area contributed by atoms with E-state index in [9.17, 15) is 9.59 Å². The standard InChI is InChI=1S/C22H30N8O2S/c1-6-9-11-15-13(4)23-19-26-20(27-30(19)14(15)5)33-22-24-17-16(28(22)8-3)18(31)25-21(32)29(17)12-10-7-2/h6-12H2,1-5H3,(H,25,31,32). The van der Waals surface area contributed by atoms with Crippen molar-refractivity contribution in [2.24, 2.45) is 0 Å². The van der Waals surface area contributed by atoms with Crippen molar-refractivity contribution in [1.82, 2.24) is 38.7 Å². The third kappa shape index (κ3) is 4.21. The largest absolute Gasteiger partial charge is 0.330 e. The number of fused-ring (bicyclic) bond motifs is 2. The average Bonchev–Trinajstić information content (AvgIpc) is 3.34. The zero-order chi connectivity index (χ0) is 23.7. The van der Waals surface area contributed by atoms with Crippen LogP contribution in [0.25, 0.3) is 16.9 Å². The Morgan fingerprint density at radius 1 is 0.970 bits per heavy atom. The van der Waals surface area contributed by atoms with E-state index in [2.05, 4.69) is 38.9 Å². The van der Waals surface area contributed by atoms with E-state index in [1.54, 1.807) is 9.08 Å². The second kappa shape index (κ2) is 9.50. The van der Waals surface area contributed by atoms with Crippen molar-refractivity contribution < 1.29 is 0 Å². The monoisotopic (exact) mass is 470 g/mol. The van der Waals surface area contributed by atoms with Crippen molar-refractivity contribution in [2.75, 3.05) is 0 Å².